The number of ether oxygens (including phenoxy) is 2. The van der Waals surface area contributed by atoms with Crippen molar-refractivity contribution >= 4 is 34.0 Å². The lowest BCUT2D eigenvalue weighted by atomic mass is 9.94. The highest BCUT2D eigenvalue weighted by molar-refractivity contribution is 6.20. The Morgan fingerprint density at radius 1 is 0.974 bits per heavy atom. The summed E-state index contributed by atoms with van der Waals surface area (Å²) in [5, 5.41) is 11.8. The van der Waals surface area contributed by atoms with E-state index in [0.717, 1.165) is 18.8 Å². The second-order valence-electron chi connectivity index (χ2n) is 9.12. The first-order valence-corrected chi connectivity index (χ1v) is 12.8. The van der Waals surface area contributed by atoms with Crippen LogP contribution in [0.15, 0.2) is 88.5 Å². The van der Waals surface area contributed by atoms with Gasteiger partial charge in [0.15, 0.2) is 22.9 Å². The van der Waals surface area contributed by atoms with E-state index in [2.05, 4.69) is 18.7 Å². The molecule has 0 saturated carbocycles. The number of aliphatic hydroxyl groups excluding tert-OH is 1. The predicted molar refractivity (Wildman–Crippen MR) is 150 cm³/mol. The van der Waals surface area contributed by atoms with E-state index in [1.807, 2.05) is 24.3 Å². The average Bonchev–Trinajstić information content (AvgIpc) is 3.52. The maximum absolute atomic E-state index is 14.0. The first kappa shape index (κ1) is 25.9. The molecule has 8 nitrogen and oxygen atoms in total. The number of hydrogen-bond donors (Lipinski definition) is 1. The molecule has 0 fully saturated rings. The number of Topliss-reactive ketones (excluding diaryl/α,β-unsaturated/α-hetero) is 1. The number of para-hydroxylation sites is 1. The largest absolute Gasteiger partial charge is 0.503 e. The zero-order valence-electron chi connectivity index (χ0n) is 22.3. The van der Waals surface area contributed by atoms with Crippen LogP contribution in [0.3, 0.4) is 0 Å². The van der Waals surface area contributed by atoms with Gasteiger partial charge in [0.25, 0.3) is 5.91 Å². The summed E-state index contributed by atoms with van der Waals surface area (Å²) in [6, 6.07) is 20.7. The fraction of sp³-hybridized carbons (Fsp3) is 0.226. The third-order valence-corrected chi connectivity index (χ3v) is 7.07. The van der Waals surface area contributed by atoms with Gasteiger partial charge < -0.3 is 23.9 Å². The number of aliphatic hydroxyl groups is 1. The molecule has 1 unspecified atom stereocenters. The molecule has 8 heteroatoms. The minimum absolute atomic E-state index is 0.00102. The molecule has 0 radical (unpaired) electrons. The number of rotatable bonds is 9. The van der Waals surface area contributed by atoms with Crippen molar-refractivity contribution in [1.29, 1.82) is 0 Å². The maximum atomic E-state index is 14.0. The number of amides is 1. The Morgan fingerprint density at radius 2 is 1.69 bits per heavy atom. The van der Waals surface area contributed by atoms with E-state index in [0.29, 0.717) is 33.7 Å². The van der Waals surface area contributed by atoms with Crippen molar-refractivity contribution in [2.75, 3.05) is 37.1 Å². The highest BCUT2D eigenvalue weighted by Gasteiger charge is 2.45. The monoisotopic (exact) mass is 526 g/mol. The number of carbonyl (C=O) groups excluding carboxylic acids is 2. The Kier molecular flexibility index (Phi) is 7.02. The summed E-state index contributed by atoms with van der Waals surface area (Å²) in [5.74, 6) is -0.858. The first-order valence-electron chi connectivity index (χ1n) is 12.8. The molecule has 1 atom stereocenters. The summed E-state index contributed by atoms with van der Waals surface area (Å²) in [4.78, 5) is 31.1. The van der Waals surface area contributed by atoms with Crippen molar-refractivity contribution in [2.24, 2.45) is 0 Å². The highest BCUT2D eigenvalue weighted by atomic mass is 16.5. The minimum Gasteiger partial charge on any atom is -0.503 e. The molecule has 3 aromatic carbocycles. The minimum atomic E-state index is -0.891. The maximum Gasteiger partial charge on any atom is 0.294 e. The molecule has 1 N–H and O–H groups in total. The molecule has 0 spiro atoms. The van der Waals surface area contributed by atoms with Crippen molar-refractivity contribution in [3.05, 3.63) is 95.5 Å². The van der Waals surface area contributed by atoms with Crippen LogP contribution in [0.25, 0.3) is 11.0 Å². The number of nitrogens with zero attached hydrogens (tertiary/aromatic N) is 2. The number of methoxy groups -OCH3 is 2. The van der Waals surface area contributed by atoms with Crippen molar-refractivity contribution in [1.82, 2.24) is 0 Å². The van der Waals surface area contributed by atoms with Crippen molar-refractivity contribution < 1.29 is 28.6 Å². The van der Waals surface area contributed by atoms with Crippen molar-refractivity contribution in [2.45, 2.75) is 19.9 Å². The first-order chi connectivity index (χ1) is 18.9. The average molecular weight is 527 g/mol. The van der Waals surface area contributed by atoms with Gasteiger partial charge >= 0.3 is 0 Å². The molecule has 1 aliphatic rings. The van der Waals surface area contributed by atoms with Crippen LogP contribution in [0.5, 0.6) is 11.5 Å². The molecule has 1 aromatic heterocycles. The third kappa shape index (κ3) is 4.48. The van der Waals surface area contributed by atoms with Gasteiger partial charge in [0.05, 0.1) is 25.8 Å². The van der Waals surface area contributed by atoms with E-state index >= 15 is 0 Å². The van der Waals surface area contributed by atoms with Crippen molar-refractivity contribution in [3.8, 4) is 11.5 Å². The van der Waals surface area contributed by atoms with E-state index in [1.54, 1.807) is 48.5 Å². The second kappa shape index (κ2) is 10.6. The Morgan fingerprint density at radius 3 is 2.36 bits per heavy atom. The van der Waals surface area contributed by atoms with Gasteiger partial charge in [-0.3, -0.25) is 14.5 Å². The van der Waals surface area contributed by atoms with Crippen molar-refractivity contribution in [3.63, 3.8) is 0 Å². The molecule has 0 aliphatic carbocycles. The summed E-state index contributed by atoms with van der Waals surface area (Å²) in [6.07, 6.45) is 0. The zero-order valence-corrected chi connectivity index (χ0v) is 22.3. The molecular weight excluding hydrogens is 496 g/mol. The van der Waals surface area contributed by atoms with E-state index in [-0.39, 0.29) is 11.3 Å². The van der Waals surface area contributed by atoms with Gasteiger partial charge in [-0.15, -0.1) is 0 Å². The fourth-order valence-corrected chi connectivity index (χ4v) is 5.08. The van der Waals surface area contributed by atoms with Crippen LogP contribution >= 0.6 is 0 Å². The number of anilines is 2. The lowest BCUT2D eigenvalue weighted by Crippen LogP contribution is -2.31. The van der Waals surface area contributed by atoms with E-state index < -0.39 is 23.5 Å². The number of ketones is 1. The van der Waals surface area contributed by atoms with Crippen LogP contribution in [-0.2, 0) is 4.79 Å². The predicted octanol–water partition coefficient (Wildman–Crippen LogP) is 6.08. The van der Waals surface area contributed by atoms with Crippen LogP contribution in [0, 0.1) is 0 Å². The van der Waals surface area contributed by atoms with Gasteiger partial charge in [-0.05, 0) is 55.8 Å². The quantitative estimate of drug-likeness (QED) is 0.264. The summed E-state index contributed by atoms with van der Waals surface area (Å²) < 4.78 is 16.7. The van der Waals surface area contributed by atoms with E-state index in [1.165, 1.54) is 19.1 Å². The summed E-state index contributed by atoms with van der Waals surface area (Å²) in [7, 11) is 3.06. The molecule has 39 heavy (non-hydrogen) atoms. The summed E-state index contributed by atoms with van der Waals surface area (Å²) >= 11 is 0. The lowest BCUT2D eigenvalue weighted by Gasteiger charge is -2.28. The molecule has 0 bridgehead atoms. The summed E-state index contributed by atoms with van der Waals surface area (Å²) in [5.41, 5.74) is 2.53. The Hall–Kier alpha value is -4.72. The SMILES string of the molecule is CCN(CC)c1ccc(C2C(C(=O)c3cc4cccc(OC)c4o3)=C(O)C(=O)N2c2cccc(OC)c2)cc1. The zero-order chi connectivity index (χ0) is 27.7. The molecule has 1 amide bonds. The smallest absolute Gasteiger partial charge is 0.294 e. The topological polar surface area (TPSA) is 92.5 Å². The van der Waals surface area contributed by atoms with Gasteiger partial charge in [0, 0.05) is 35.9 Å². The van der Waals surface area contributed by atoms with Gasteiger partial charge in [-0.25, -0.2) is 0 Å². The summed E-state index contributed by atoms with van der Waals surface area (Å²) in [6.45, 7) is 5.84. The number of hydrogen-bond acceptors (Lipinski definition) is 7. The molecule has 0 saturated heterocycles. The molecule has 4 aromatic rings. The van der Waals surface area contributed by atoms with Crippen LogP contribution in [-0.4, -0.2) is 44.1 Å². The number of carbonyl (C=O) groups is 2. The number of fused-ring (bicyclic) bond motifs is 1. The molecule has 2 heterocycles. The van der Waals surface area contributed by atoms with E-state index in [9.17, 15) is 14.7 Å². The van der Waals surface area contributed by atoms with E-state index in [4.69, 9.17) is 13.9 Å². The molecule has 1 aliphatic heterocycles. The van der Waals surface area contributed by atoms with Crippen LogP contribution in [0.4, 0.5) is 11.4 Å². The van der Waals surface area contributed by atoms with Crippen LogP contribution < -0.4 is 19.3 Å². The van der Waals surface area contributed by atoms with Gasteiger partial charge in [0.1, 0.15) is 5.75 Å². The highest BCUT2D eigenvalue weighted by Crippen LogP contribution is 2.43. The standard InChI is InChI=1S/C31H30N2O6/c1-5-32(6-2)21-15-13-19(14-16-21)27-26(28(34)25-17-20-9-7-12-24(38-4)30(20)39-25)29(35)31(36)33(27)22-10-8-11-23(18-22)37-3/h7-18,27,35H,5-6H2,1-4H3. The number of benzene rings is 3. The normalized spacial score (nSPS) is 15.2. The van der Waals surface area contributed by atoms with Gasteiger partial charge in [-0.1, -0.05) is 30.3 Å². The van der Waals surface area contributed by atoms with Crippen LogP contribution in [0.1, 0.15) is 36.0 Å². The fourth-order valence-electron chi connectivity index (χ4n) is 5.08. The molecule has 5 rings (SSSR count). The third-order valence-electron chi connectivity index (χ3n) is 7.07. The number of furan rings is 1. The Labute approximate surface area is 226 Å². The molecule has 200 valence electrons. The molecular formula is C31H30N2O6. The van der Waals surface area contributed by atoms with Crippen LogP contribution in [0.2, 0.25) is 0 Å². The second-order valence-corrected chi connectivity index (χ2v) is 9.12. The Balaban J connectivity index is 1.64. The lowest BCUT2D eigenvalue weighted by molar-refractivity contribution is -0.117. The van der Waals surface area contributed by atoms with Gasteiger partial charge in [0.2, 0.25) is 5.78 Å². The van der Waals surface area contributed by atoms with Gasteiger partial charge in [-0.2, -0.15) is 0 Å². The Bertz CT molecular complexity index is 1570.